The average Bonchev–Trinajstić information content (AvgIpc) is 2.51. The highest BCUT2D eigenvalue weighted by Gasteiger charge is 2.14. The second kappa shape index (κ2) is 7.53. The molecule has 0 aliphatic carbocycles. The molecule has 1 atom stereocenters. The number of benzene rings is 2. The highest BCUT2D eigenvalue weighted by molar-refractivity contribution is 6.31. The second-order valence-corrected chi connectivity index (χ2v) is 5.82. The highest BCUT2D eigenvalue weighted by Crippen LogP contribution is 2.19. The lowest BCUT2D eigenvalue weighted by molar-refractivity contribution is -0.682. The predicted molar refractivity (Wildman–Crippen MR) is 86.4 cm³/mol. The largest absolute Gasteiger partial charge is 0.333 e. The number of carbonyl (C=O) groups excluding carboxylic acids is 1. The van der Waals surface area contributed by atoms with Crippen molar-refractivity contribution < 1.29 is 18.9 Å². The summed E-state index contributed by atoms with van der Waals surface area (Å²) in [5, 5.41) is 5.08. The van der Waals surface area contributed by atoms with E-state index in [1.54, 1.807) is 17.4 Å². The van der Waals surface area contributed by atoms with Crippen LogP contribution in [0.25, 0.3) is 0 Å². The second-order valence-electron chi connectivity index (χ2n) is 5.41. The number of quaternary nitrogens is 1. The molecular formula is C17H18ClF2N2O+. The first-order valence-corrected chi connectivity index (χ1v) is 7.59. The van der Waals surface area contributed by atoms with Crippen LogP contribution < -0.4 is 10.6 Å². The van der Waals surface area contributed by atoms with Gasteiger partial charge >= 0.3 is 0 Å². The summed E-state index contributed by atoms with van der Waals surface area (Å²) in [4.78, 5) is 11.9. The summed E-state index contributed by atoms with van der Waals surface area (Å²) >= 11 is 6.01. The molecule has 3 N–H and O–H groups in total. The van der Waals surface area contributed by atoms with Gasteiger partial charge in [0, 0.05) is 16.3 Å². The van der Waals surface area contributed by atoms with Crippen molar-refractivity contribution in [2.24, 2.45) is 0 Å². The van der Waals surface area contributed by atoms with Crippen molar-refractivity contribution in [2.45, 2.75) is 19.9 Å². The van der Waals surface area contributed by atoms with E-state index in [1.807, 2.05) is 19.9 Å². The van der Waals surface area contributed by atoms with Crippen LogP contribution in [-0.4, -0.2) is 12.5 Å². The minimum atomic E-state index is -0.888. The van der Waals surface area contributed by atoms with Crippen molar-refractivity contribution in [3.05, 3.63) is 64.2 Å². The molecule has 0 aromatic heterocycles. The van der Waals surface area contributed by atoms with Crippen molar-refractivity contribution in [3.63, 3.8) is 0 Å². The Hall–Kier alpha value is -1.98. The summed E-state index contributed by atoms with van der Waals surface area (Å²) in [6, 6.07) is 8.86. The van der Waals surface area contributed by atoms with Gasteiger partial charge in [-0.15, -0.1) is 0 Å². The molecule has 2 rings (SSSR count). The summed E-state index contributed by atoms with van der Waals surface area (Å²) in [5.74, 6) is -1.96. The van der Waals surface area contributed by atoms with Crippen LogP contribution in [-0.2, 0) is 4.79 Å². The molecular weight excluding hydrogens is 322 g/mol. The molecule has 1 amide bonds. The van der Waals surface area contributed by atoms with Crippen LogP contribution in [0.15, 0.2) is 36.4 Å². The third-order valence-electron chi connectivity index (χ3n) is 3.58. The minimum Gasteiger partial charge on any atom is -0.333 e. The van der Waals surface area contributed by atoms with Gasteiger partial charge in [0.15, 0.2) is 18.2 Å². The van der Waals surface area contributed by atoms with Gasteiger partial charge in [0.25, 0.3) is 5.91 Å². The molecule has 23 heavy (non-hydrogen) atoms. The van der Waals surface area contributed by atoms with E-state index in [0.29, 0.717) is 16.3 Å². The highest BCUT2D eigenvalue weighted by atomic mass is 35.5. The molecule has 0 saturated carbocycles. The molecule has 2 aromatic rings. The number of carbonyl (C=O) groups is 1. The topological polar surface area (TPSA) is 45.7 Å². The molecule has 0 saturated heterocycles. The SMILES string of the molecule is Cc1ccc(NC(=O)C[NH2+][C@H](C)c2ccc(F)c(F)c2)cc1Cl. The summed E-state index contributed by atoms with van der Waals surface area (Å²) < 4.78 is 26.1. The van der Waals surface area contributed by atoms with E-state index in [-0.39, 0.29) is 18.5 Å². The van der Waals surface area contributed by atoms with Crippen LogP contribution in [0.3, 0.4) is 0 Å². The van der Waals surface area contributed by atoms with E-state index in [0.717, 1.165) is 17.7 Å². The number of hydrogen-bond acceptors (Lipinski definition) is 1. The lowest BCUT2D eigenvalue weighted by Crippen LogP contribution is -2.86. The Labute approximate surface area is 138 Å². The smallest absolute Gasteiger partial charge is 0.279 e. The van der Waals surface area contributed by atoms with E-state index in [2.05, 4.69) is 5.32 Å². The lowest BCUT2D eigenvalue weighted by Gasteiger charge is -2.12. The van der Waals surface area contributed by atoms with E-state index >= 15 is 0 Å². The van der Waals surface area contributed by atoms with Gasteiger partial charge in [-0.05, 0) is 49.7 Å². The number of hydrogen-bond donors (Lipinski definition) is 2. The zero-order chi connectivity index (χ0) is 17.0. The van der Waals surface area contributed by atoms with Crippen LogP contribution in [0.1, 0.15) is 24.1 Å². The van der Waals surface area contributed by atoms with E-state index in [4.69, 9.17) is 11.6 Å². The normalized spacial score (nSPS) is 12.0. The fourth-order valence-electron chi connectivity index (χ4n) is 2.10. The quantitative estimate of drug-likeness (QED) is 0.863. The van der Waals surface area contributed by atoms with E-state index in [9.17, 15) is 13.6 Å². The first-order chi connectivity index (χ1) is 10.9. The third-order valence-corrected chi connectivity index (χ3v) is 3.99. The van der Waals surface area contributed by atoms with Gasteiger partial charge in [0.2, 0.25) is 0 Å². The van der Waals surface area contributed by atoms with Gasteiger partial charge in [0.1, 0.15) is 6.04 Å². The van der Waals surface area contributed by atoms with Crippen molar-refractivity contribution in [1.29, 1.82) is 0 Å². The Balaban J connectivity index is 1.90. The average molecular weight is 340 g/mol. The predicted octanol–water partition coefficient (Wildman–Crippen LogP) is 3.19. The van der Waals surface area contributed by atoms with Gasteiger partial charge in [-0.3, -0.25) is 4.79 Å². The van der Waals surface area contributed by atoms with Crippen molar-refractivity contribution in [3.8, 4) is 0 Å². The molecule has 0 heterocycles. The number of nitrogens with one attached hydrogen (secondary N) is 1. The minimum absolute atomic E-state index is 0.158. The maximum Gasteiger partial charge on any atom is 0.279 e. The van der Waals surface area contributed by atoms with E-state index < -0.39 is 11.6 Å². The van der Waals surface area contributed by atoms with Crippen LogP contribution in [0.4, 0.5) is 14.5 Å². The number of nitrogens with two attached hydrogens (primary N) is 1. The van der Waals surface area contributed by atoms with Gasteiger partial charge < -0.3 is 10.6 Å². The van der Waals surface area contributed by atoms with Gasteiger partial charge in [-0.1, -0.05) is 17.7 Å². The van der Waals surface area contributed by atoms with Crippen LogP contribution >= 0.6 is 11.6 Å². The molecule has 0 unspecified atom stereocenters. The molecule has 0 spiro atoms. The molecule has 0 bridgehead atoms. The van der Waals surface area contributed by atoms with Gasteiger partial charge in [-0.25, -0.2) is 8.78 Å². The monoisotopic (exact) mass is 339 g/mol. The third kappa shape index (κ3) is 4.74. The molecule has 2 aromatic carbocycles. The Morgan fingerprint density at radius 3 is 2.61 bits per heavy atom. The maximum atomic E-state index is 13.2. The first-order valence-electron chi connectivity index (χ1n) is 7.21. The van der Waals surface area contributed by atoms with Gasteiger partial charge in [0.05, 0.1) is 0 Å². The molecule has 0 aliphatic heterocycles. The molecule has 0 radical (unpaired) electrons. The zero-order valence-corrected chi connectivity index (χ0v) is 13.6. The van der Waals surface area contributed by atoms with Gasteiger partial charge in [-0.2, -0.15) is 0 Å². The molecule has 0 fully saturated rings. The van der Waals surface area contributed by atoms with E-state index in [1.165, 1.54) is 6.07 Å². The Morgan fingerprint density at radius 1 is 1.22 bits per heavy atom. The molecule has 3 nitrogen and oxygen atoms in total. The number of halogens is 3. The number of aryl methyl sites for hydroxylation is 1. The summed E-state index contributed by atoms with van der Waals surface area (Å²) in [7, 11) is 0. The number of anilines is 1. The fourth-order valence-corrected chi connectivity index (χ4v) is 2.28. The summed E-state index contributed by atoms with van der Waals surface area (Å²) in [5.41, 5.74) is 2.18. The van der Waals surface area contributed by atoms with Crippen LogP contribution in [0.2, 0.25) is 5.02 Å². The van der Waals surface area contributed by atoms with Crippen molar-refractivity contribution in [1.82, 2.24) is 0 Å². The fraction of sp³-hybridized carbons (Fsp3) is 0.235. The standard InChI is InChI=1S/C17H17ClF2N2O/c1-10-3-5-13(8-14(10)18)22-17(23)9-21-11(2)12-4-6-15(19)16(20)7-12/h3-8,11,21H,9H2,1-2H3,(H,22,23)/p+1/t11-/m1/s1. The Morgan fingerprint density at radius 2 is 1.96 bits per heavy atom. The van der Waals surface area contributed by atoms with Crippen molar-refractivity contribution >= 4 is 23.2 Å². The number of rotatable bonds is 5. The number of amides is 1. The molecule has 0 aliphatic rings. The molecule has 122 valence electrons. The zero-order valence-electron chi connectivity index (χ0n) is 12.9. The van der Waals surface area contributed by atoms with Crippen LogP contribution in [0, 0.1) is 18.6 Å². The maximum absolute atomic E-state index is 13.2. The van der Waals surface area contributed by atoms with Crippen molar-refractivity contribution in [2.75, 3.05) is 11.9 Å². The Kier molecular flexibility index (Phi) is 5.69. The summed E-state index contributed by atoms with van der Waals surface area (Å²) in [6.07, 6.45) is 0. The first kappa shape index (κ1) is 17.4. The lowest BCUT2D eigenvalue weighted by atomic mass is 10.1. The molecule has 6 heteroatoms. The summed E-state index contributed by atoms with van der Waals surface area (Å²) in [6.45, 7) is 3.86. The Bertz CT molecular complexity index is 722. The van der Waals surface area contributed by atoms with Crippen LogP contribution in [0.5, 0.6) is 0 Å².